The first-order valence-corrected chi connectivity index (χ1v) is 6.83. The van der Waals surface area contributed by atoms with Crippen molar-refractivity contribution in [2.45, 2.75) is 13.5 Å². The van der Waals surface area contributed by atoms with Gasteiger partial charge in [0.15, 0.2) is 5.78 Å². The largest absolute Gasteiger partial charge is 0.497 e. The molecule has 0 saturated carbocycles. The average Bonchev–Trinajstić information content (AvgIpc) is 2.52. The second kappa shape index (κ2) is 7.29. The van der Waals surface area contributed by atoms with Crippen molar-refractivity contribution in [3.8, 4) is 5.75 Å². The normalized spacial score (nSPS) is 10.6. The first-order chi connectivity index (χ1) is 10.2. The Morgan fingerprint density at radius 2 is 1.76 bits per heavy atom. The molecule has 2 rings (SSSR count). The van der Waals surface area contributed by atoms with Crippen molar-refractivity contribution < 1.29 is 9.53 Å². The average molecular weight is 281 g/mol. The van der Waals surface area contributed by atoms with Gasteiger partial charge in [-0.05, 0) is 24.6 Å². The van der Waals surface area contributed by atoms with E-state index in [9.17, 15) is 4.79 Å². The molecule has 0 aromatic heterocycles. The lowest BCUT2D eigenvalue weighted by Gasteiger charge is -2.03. The predicted molar refractivity (Wildman–Crippen MR) is 84.5 cm³/mol. The van der Waals surface area contributed by atoms with Gasteiger partial charge in [-0.1, -0.05) is 42.0 Å². The maximum Gasteiger partial charge on any atom is 0.187 e. The Labute approximate surface area is 125 Å². The zero-order chi connectivity index (χ0) is 15.1. The van der Waals surface area contributed by atoms with E-state index in [0.717, 1.165) is 16.9 Å². The van der Waals surface area contributed by atoms with Gasteiger partial charge in [0.25, 0.3) is 0 Å². The van der Waals surface area contributed by atoms with Crippen LogP contribution in [0.15, 0.2) is 60.8 Å². The van der Waals surface area contributed by atoms with Crippen LogP contribution in [0.3, 0.4) is 0 Å². The molecular weight excluding hydrogens is 262 g/mol. The number of carbonyl (C=O) groups is 1. The monoisotopic (exact) mass is 281 g/mol. The van der Waals surface area contributed by atoms with Crippen LogP contribution in [-0.2, 0) is 6.54 Å². The maximum absolute atomic E-state index is 11.9. The summed E-state index contributed by atoms with van der Waals surface area (Å²) in [5.41, 5.74) is 2.97. The molecule has 2 aromatic carbocycles. The van der Waals surface area contributed by atoms with Gasteiger partial charge in [0.05, 0.1) is 7.11 Å². The zero-order valence-electron chi connectivity index (χ0n) is 12.3. The van der Waals surface area contributed by atoms with Crippen LogP contribution in [0.2, 0.25) is 0 Å². The van der Waals surface area contributed by atoms with Crippen LogP contribution < -0.4 is 10.1 Å². The number of ketones is 1. The first-order valence-electron chi connectivity index (χ1n) is 6.83. The van der Waals surface area contributed by atoms with Crippen molar-refractivity contribution in [3.63, 3.8) is 0 Å². The maximum atomic E-state index is 11.9. The highest BCUT2D eigenvalue weighted by atomic mass is 16.5. The Balaban J connectivity index is 1.84. The summed E-state index contributed by atoms with van der Waals surface area (Å²) >= 11 is 0. The van der Waals surface area contributed by atoms with Crippen molar-refractivity contribution in [1.29, 1.82) is 0 Å². The van der Waals surface area contributed by atoms with Gasteiger partial charge in [0.2, 0.25) is 0 Å². The highest BCUT2D eigenvalue weighted by Crippen LogP contribution is 2.11. The lowest BCUT2D eigenvalue weighted by molar-refractivity contribution is 0.104. The van der Waals surface area contributed by atoms with Crippen LogP contribution in [0.5, 0.6) is 5.75 Å². The highest BCUT2D eigenvalue weighted by Gasteiger charge is 2.00. The molecule has 0 bridgehead atoms. The fourth-order valence-corrected chi connectivity index (χ4v) is 1.87. The van der Waals surface area contributed by atoms with E-state index in [-0.39, 0.29) is 5.78 Å². The molecule has 108 valence electrons. The number of benzene rings is 2. The highest BCUT2D eigenvalue weighted by molar-refractivity contribution is 6.04. The molecule has 0 radical (unpaired) electrons. The number of hydrogen-bond acceptors (Lipinski definition) is 3. The molecule has 3 nitrogen and oxygen atoms in total. The van der Waals surface area contributed by atoms with E-state index in [2.05, 4.69) is 5.32 Å². The molecule has 2 aromatic rings. The lowest BCUT2D eigenvalue weighted by Crippen LogP contribution is -2.05. The van der Waals surface area contributed by atoms with Crippen molar-refractivity contribution >= 4 is 5.78 Å². The fraction of sp³-hybridized carbons (Fsp3) is 0.167. The van der Waals surface area contributed by atoms with E-state index in [1.807, 2.05) is 55.5 Å². The van der Waals surface area contributed by atoms with Crippen LogP contribution in [0.25, 0.3) is 0 Å². The summed E-state index contributed by atoms with van der Waals surface area (Å²) in [7, 11) is 1.65. The Hall–Kier alpha value is -2.55. The molecule has 1 N–H and O–H groups in total. The number of carbonyl (C=O) groups excluding carboxylic acids is 1. The molecule has 0 aliphatic heterocycles. The smallest absolute Gasteiger partial charge is 0.187 e. The second-order valence-corrected chi connectivity index (χ2v) is 4.79. The molecule has 0 spiro atoms. The third-order valence-electron chi connectivity index (χ3n) is 3.15. The summed E-state index contributed by atoms with van der Waals surface area (Å²) in [6.07, 6.45) is 3.24. The molecule has 0 aliphatic rings. The standard InChI is InChI=1S/C18H19NO2/c1-14-3-7-16(8-4-14)18(20)11-12-19-13-15-5-9-17(21-2)10-6-15/h3-12,19H,13H2,1-2H3. The van der Waals surface area contributed by atoms with Crippen LogP contribution in [0.4, 0.5) is 0 Å². The number of allylic oxidation sites excluding steroid dienone is 1. The van der Waals surface area contributed by atoms with Crippen LogP contribution in [0.1, 0.15) is 21.5 Å². The Morgan fingerprint density at radius 1 is 1.10 bits per heavy atom. The van der Waals surface area contributed by atoms with Crippen molar-refractivity contribution in [3.05, 3.63) is 77.5 Å². The summed E-state index contributed by atoms with van der Waals surface area (Å²) in [5.74, 6) is 0.834. The number of rotatable bonds is 6. The van der Waals surface area contributed by atoms with Crippen LogP contribution in [-0.4, -0.2) is 12.9 Å². The molecular formula is C18H19NO2. The topological polar surface area (TPSA) is 38.3 Å². The second-order valence-electron chi connectivity index (χ2n) is 4.79. The van der Waals surface area contributed by atoms with Gasteiger partial charge in [-0.3, -0.25) is 4.79 Å². The van der Waals surface area contributed by atoms with Gasteiger partial charge in [0, 0.05) is 24.4 Å². The van der Waals surface area contributed by atoms with Crippen molar-refractivity contribution in [2.75, 3.05) is 7.11 Å². The summed E-state index contributed by atoms with van der Waals surface area (Å²) < 4.78 is 5.10. The Morgan fingerprint density at radius 3 is 2.38 bits per heavy atom. The van der Waals surface area contributed by atoms with E-state index >= 15 is 0 Å². The molecule has 0 amide bonds. The van der Waals surface area contributed by atoms with Gasteiger partial charge in [-0.2, -0.15) is 0 Å². The first kappa shape index (κ1) is 14.9. The summed E-state index contributed by atoms with van der Waals surface area (Å²) in [5, 5.41) is 3.11. The van der Waals surface area contributed by atoms with Crippen LogP contribution >= 0.6 is 0 Å². The molecule has 0 heterocycles. The van der Waals surface area contributed by atoms with Gasteiger partial charge in [-0.25, -0.2) is 0 Å². The molecule has 0 saturated heterocycles. The number of ether oxygens (including phenoxy) is 1. The minimum atomic E-state index is -0.00256. The Bertz CT molecular complexity index is 613. The fourth-order valence-electron chi connectivity index (χ4n) is 1.87. The molecule has 0 unspecified atom stereocenters. The number of nitrogens with one attached hydrogen (secondary N) is 1. The quantitative estimate of drug-likeness (QED) is 0.650. The summed E-state index contributed by atoms with van der Waals surface area (Å²) in [6.45, 7) is 2.67. The summed E-state index contributed by atoms with van der Waals surface area (Å²) in [4.78, 5) is 11.9. The van der Waals surface area contributed by atoms with Crippen molar-refractivity contribution in [2.24, 2.45) is 0 Å². The van der Waals surface area contributed by atoms with Crippen LogP contribution in [0, 0.1) is 6.92 Å². The van der Waals surface area contributed by atoms with E-state index < -0.39 is 0 Å². The van der Waals surface area contributed by atoms with Gasteiger partial charge in [0.1, 0.15) is 5.75 Å². The van der Waals surface area contributed by atoms with E-state index in [1.165, 1.54) is 0 Å². The molecule has 3 heteroatoms. The van der Waals surface area contributed by atoms with E-state index in [0.29, 0.717) is 12.1 Å². The van der Waals surface area contributed by atoms with E-state index in [4.69, 9.17) is 4.74 Å². The SMILES string of the molecule is COc1ccc(CNC=CC(=O)c2ccc(C)cc2)cc1. The van der Waals surface area contributed by atoms with Crippen molar-refractivity contribution in [1.82, 2.24) is 5.32 Å². The predicted octanol–water partition coefficient (Wildman–Crippen LogP) is 3.49. The number of aryl methyl sites for hydroxylation is 1. The molecule has 0 fully saturated rings. The zero-order valence-corrected chi connectivity index (χ0v) is 12.3. The molecule has 0 atom stereocenters. The minimum absolute atomic E-state index is 0.00256. The molecule has 21 heavy (non-hydrogen) atoms. The Kier molecular flexibility index (Phi) is 5.16. The van der Waals surface area contributed by atoms with E-state index in [1.54, 1.807) is 19.4 Å². The number of methoxy groups -OCH3 is 1. The van der Waals surface area contributed by atoms with Gasteiger partial charge >= 0.3 is 0 Å². The van der Waals surface area contributed by atoms with Gasteiger partial charge in [-0.15, -0.1) is 0 Å². The third-order valence-corrected chi connectivity index (χ3v) is 3.15. The van der Waals surface area contributed by atoms with Gasteiger partial charge < -0.3 is 10.1 Å². The summed E-state index contributed by atoms with van der Waals surface area (Å²) in [6, 6.07) is 15.4. The third kappa shape index (κ3) is 4.49. The lowest BCUT2D eigenvalue weighted by atomic mass is 10.1. The minimum Gasteiger partial charge on any atom is -0.497 e. The molecule has 0 aliphatic carbocycles. The number of hydrogen-bond donors (Lipinski definition) is 1.